The first kappa shape index (κ1) is 25.7. The Bertz CT molecular complexity index is 1880. The number of amides is 1. The third-order valence-electron chi connectivity index (χ3n) is 5.91. The van der Waals surface area contributed by atoms with Gasteiger partial charge in [0.1, 0.15) is 22.9 Å². The Balaban J connectivity index is 1.67. The molecular formula is C27H19F2N5O4S. The fraction of sp³-hybridized carbons (Fsp3) is 0.111. The maximum Gasteiger partial charge on any atom is 0.294 e. The molecule has 0 N–H and O–H groups in total. The number of terminal acetylenes is 1. The van der Waals surface area contributed by atoms with Gasteiger partial charge >= 0.3 is 0 Å². The lowest BCUT2D eigenvalue weighted by Gasteiger charge is -2.19. The fourth-order valence-corrected chi connectivity index (χ4v) is 5.58. The molecule has 0 bridgehead atoms. The molecule has 2 aromatic heterocycles. The van der Waals surface area contributed by atoms with Crippen LogP contribution < -0.4 is 4.74 Å². The van der Waals surface area contributed by atoms with Crippen LogP contribution in [0.5, 0.6) is 5.75 Å². The SMILES string of the molecule is C#CCN(Cc1cccc(F)c1)C(=O)c1nnc2c3cc(F)ccc3n(S(=O)(=O)c3ccc(OC)cc3)c2n1. The van der Waals surface area contributed by atoms with E-state index < -0.39 is 33.4 Å². The first-order valence-corrected chi connectivity index (χ1v) is 12.9. The van der Waals surface area contributed by atoms with Gasteiger partial charge in [-0.1, -0.05) is 18.1 Å². The van der Waals surface area contributed by atoms with Crippen molar-refractivity contribution in [3.63, 3.8) is 0 Å². The van der Waals surface area contributed by atoms with Gasteiger partial charge in [0.15, 0.2) is 5.65 Å². The highest BCUT2D eigenvalue weighted by molar-refractivity contribution is 7.90. The molecule has 0 saturated heterocycles. The predicted molar refractivity (Wildman–Crippen MR) is 138 cm³/mol. The molecule has 1 amide bonds. The van der Waals surface area contributed by atoms with Crippen LogP contribution in [0.25, 0.3) is 22.1 Å². The molecular weight excluding hydrogens is 528 g/mol. The first-order valence-electron chi connectivity index (χ1n) is 11.4. The quantitative estimate of drug-likeness (QED) is 0.286. The average Bonchev–Trinajstić information content (AvgIpc) is 3.26. The number of benzene rings is 3. The van der Waals surface area contributed by atoms with Crippen molar-refractivity contribution < 1.29 is 26.7 Å². The van der Waals surface area contributed by atoms with Gasteiger partial charge in [0.05, 0.1) is 24.1 Å². The van der Waals surface area contributed by atoms with Crippen LogP contribution in [0, 0.1) is 24.0 Å². The normalized spacial score (nSPS) is 11.4. The van der Waals surface area contributed by atoms with Crippen LogP contribution in [0.4, 0.5) is 8.78 Å². The number of carbonyl (C=O) groups excluding carboxylic acids is 1. The summed E-state index contributed by atoms with van der Waals surface area (Å²) in [6.45, 7) is -0.213. The molecule has 0 aliphatic heterocycles. The molecule has 0 fully saturated rings. The molecule has 2 heterocycles. The fourth-order valence-electron chi connectivity index (χ4n) is 4.12. The second-order valence-corrected chi connectivity index (χ2v) is 10.2. The van der Waals surface area contributed by atoms with Crippen LogP contribution in [0.15, 0.2) is 71.6 Å². The minimum Gasteiger partial charge on any atom is -0.497 e. The van der Waals surface area contributed by atoms with E-state index in [0.717, 1.165) is 16.1 Å². The van der Waals surface area contributed by atoms with Crippen molar-refractivity contribution in [1.29, 1.82) is 0 Å². The number of methoxy groups -OCH3 is 1. The second-order valence-electron chi connectivity index (χ2n) is 8.41. The summed E-state index contributed by atoms with van der Waals surface area (Å²) in [5, 5.41) is 8.08. The Morgan fingerprint density at radius 3 is 2.49 bits per heavy atom. The second kappa shape index (κ2) is 10.1. The van der Waals surface area contributed by atoms with E-state index in [9.17, 15) is 22.0 Å². The maximum atomic E-state index is 14.2. The summed E-state index contributed by atoms with van der Waals surface area (Å²) in [7, 11) is -2.86. The van der Waals surface area contributed by atoms with Crippen molar-refractivity contribution >= 4 is 38.0 Å². The van der Waals surface area contributed by atoms with Crippen molar-refractivity contribution in [1.82, 2.24) is 24.1 Å². The number of ether oxygens (including phenoxy) is 1. The van der Waals surface area contributed by atoms with Gasteiger partial charge in [-0.3, -0.25) is 4.79 Å². The number of rotatable bonds is 7. The van der Waals surface area contributed by atoms with E-state index in [1.165, 1.54) is 60.5 Å². The molecule has 0 spiro atoms. The Kier molecular flexibility index (Phi) is 6.67. The summed E-state index contributed by atoms with van der Waals surface area (Å²) < 4.78 is 61.4. The molecule has 0 aliphatic carbocycles. The lowest BCUT2D eigenvalue weighted by atomic mass is 10.2. The highest BCUT2D eigenvalue weighted by Crippen LogP contribution is 2.31. The standard InChI is InChI=1S/C27H19F2N5O4S/c1-3-13-33(16-17-5-4-6-18(28)14-17)27(35)25-30-26-24(31-32-25)22-15-19(29)7-12-23(22)34(26)39(36,37)21-10-8-20(38-2)9-11-21/h1,4-12,14-15H,13,16H2,2H3. The van der Waals surface area contributed by atoms with Crippen LogP contribution in [-0.4, -0.2) is 52.0 Å². The molecule has 0 radical (unpaired) electrons. The van der Waals surface area contributed by atoms with Crippen molar-refractivity contribution in [2.75, 3.05) is 13.7 Å². The third kappa shape index (κ3) is 4.75. The molecule has 3 aromatic carbocycles. The van der Waals surface area contributed by atoms with E-state index in [1.807, 2.05) is 0 Å². The number of halogens is 2. The predicted octanol–water partition coefficient (Wildman–Crippen LogP) is 3.78. The zero-order chi connectivity index (χ0) is 27.7. The molecule has 0 aliphatic rings. The molecule has 39 heavy (non-hydrogen) atoms. The van der Waals surface area contributed by atoms with Crippen molar-refractivity contribution in [2.45, 2.75) is 11.4 Å². The number of fused-ring (bicyclic) bond motifs is 3. The highest BCUT2D eigenvalue weighted by Gasteiger charge is 2.28. The largest absolute Gasteiger partial charge is 0.497 e. The summed E-state index contributed by atoms with van der Waals surface area (Å²) in [5.41, 5.74) is 0.316. The topological polar surface area (TPSA) is 107 Å². The Labute approximate surface area is 221 Å². The van der Waals surface area contributed by atoms with Gasteiger partial charge in [0, 0.05) is 11.9 Å². The zero-order valence-electron chi connectivity index (χ0n) is 20.4. The van der Waals surface area contributed by atoms with Crippen LogP contribution in [0.2, 0.25) is 0 Å². The summed E-state index contributed by atoms with van der Waals surface area (Å²) in [6.07, 6.45) is 5.45. The van der Waals surface area contributed by atoms with E-state index >= 15 is 0 Å². The Morgan fingerprint density at radius 2 is 1.79 bits per heavy atom. The van der Waals surface area contributed by atoms with Gasteiger partial charge in [-0.15, -0.1) is 16.6 Å². The number of aromatic nitrogens is 4. The van der Waals surface area contributed by atoms with Gasteiger partial charge in [-0.25, -0.2) is 26.2 Å². The van der Waals surface area contributed by atoms with Crippen molar-refractivity contribution in [3.05, 3.63) is 89.8 Å². The van der Waals surface area contributed by atoms with E-state index in [0.29, 0.717) is 11.3 Å². The average molecular weight is 548 g/mol. The minimum absolute atomic E-state index is 0.0215. The smallest absolute Gasteiger partial charge is 0.294 e. The maximum absolute atomic E-state index is 14.2. The molecule has 5 rings (SSSR count). The summed E-state index contributed by atoms with van der Waals surface area (Å²) >= 11 is 0. The third-order valence-corrected chi connectivity index (χ3v) is 7.63. The Hall–Kier alpha value is -4.89. The van der Waals surface area contributed by atoms with Gasteiger partial charge in [0.2, 0.25) is 5.82 Å². The molecule has 9 nitrogen and oxygen atoms in total. The highest BCUT2D eigenvalue weighted by atomic mass is 32.2. The number of nitrogens with zero attached hydrogens (tertiary/aromatic N) is 5. The van der Waals surface area contributed by atoms with Crippen LogP contribution in [0.1, 0.15) is 16.2 Å². The van der Waals surface area contributed by atoms with Crippen LogP contribution in [0.3, 0.4) is 0 Å². The van der Waals surface area contributed by atoms with Crippen LogP contribution in [-0.2, 0) is 16.6 Å². The molecule has 0 atom stereocenters. The van der Waals surface area contributed by atoms with Gasteiger partial charge in [-0.2, -0.15) is 0 Å². The van der Waals surface area contributed by atoms with Crippen LogP contribution >= 0.6 is 0 Å². The minimum atomic E-state index is -4.30. The van der Waals surface area contributed by atoms with Crippen molar-refractivity contribution in [3.8, 4) is 18.1 Å². The first-order chi connectivity index (χ1) is 18.7. The van der Waals surface area contributed by atoms with E-state index in [-0.39, 0.29) is 40.1 Å². The summed E-state index contributed by atoms with van der Waals surface area (Å²) in [6, 6.07) is 14.8. The zero-order valence-corrected chi connectivity index (χ0v) is 21.2. The van der Waals surface area contributed by atoms with Gasteiger partial charge < -0.3 is 9.64 Å². The molecule has 5 aromatic rings. The summed E-state index contributed by atoms with van der Waals surface area (Å²) in [4.78, 5) is 18.7. The Morgan fingerprint density at radius 1 is 1.05 bits per heavy atom. The number of hydrogen-bond acceptors (Lipinski definition) is 7. The summed E-state index contributed by atoms with van der Waals surface area (Å²) in [5.74, 6) is 0.509. The molecule has 12 heteroatoms. The lowest BCUT2D eigenvalue weighted by molar-refractivity contribution is 0.0752. The van der Waals surface area contributed by atoms with Crippen molar-refractivity contribution in [2.24, 2.45) is 0 Å². The van der Waals surface area contributed by atoms with E-state index in [2.05, 4.69) is 21.1 Å². The van der Waals surface area contributed by atoms with Gasteiger partial charge in [0.25, 0.3) is 15.9 Å². The van der Waals surface area contributed by atoms with E-state index in [1.54, 1.807) is 6.07 Å². The molecule has 0 unspecified atom stereocenters. The number of carbonyl (C=O) groups is 1. The lowest BCUT2D eigenvalue weighted by Crippen LogP contribution is -2.32. The van der Waals surface area contributed by atoms with E-state index in [4.69, 9.17) is 11.2 Å². The number of hydrogen-bond donors (Lipinski definition) is 0. The molecule has 0 saturated carbocycles. The monoisotopic (exact) mass is 547 g/mol. The van der Waals surface area contributed by atoms with Gasteiger partial charge in [-0.05, 0) is 60.2 Å². The molecule has 196 valence electrons.